The van der Waals surface area contributed by atoms with Gasteiger partial charge in [0, 0.05) is 23.9 Å². The van der Waals surface area contributed by atoms with Crippen LogP contribution in [0.5, 0.6) is 11.5 Å². The van der Waals surface area contributed by atoms with Crippen LogP contribution in [0.15, 0.2) is 18.2 Å². The molecule has 0 aromatic heterocycles. The fraction of sp³-hybridized carbons (Fsp3) is 0.571. The molecule has 2 N–H and O–H groups in total. The predicted molar refractivity (Wildman–Crippen MR) is 71.6 cm³/mol. The molecule has 0 fully saturated rings. The molecule has 17 heavy (non-hydrogen) atoms. The molecule has 0 aliphatic rings. The van der Waals surface area contributed by atoms with Crippen LogP contribution in [0.4, 0.5) is 5.69 Å². The molecule has 0 aliphatic carbocycles. The highest BCUT2D eigenvalue weighted by atomic mass is 16.5. The summed E-state index contributed by atoms with van der Waals surface area (Å²) in [5, 5.41) is 0. The number of hydrogen-bond donors (Lipinski definition) is 1. The lowest BCUT2D eigenvalue weighted by molar-refractivity contribution is 0.239. The summed E-state index contributed by atoms with van der Waals surface area (Å²) in [7, 11) is 0. The first-order chi connectivity index (χ1) is 7.97. The molecule has 0 unspecified atom stereocenters. The molecule has 0 atom stereocenters. The number of anilines is 1. The van der Waals surface area contributed by atoms with Gasteiger partial charge in [0.15, 0.2) is 0 Å². The van der Waals surface area contributed by atoms with E-state index < -0.39 is 0 Å². The maximum atomic E-state index is 5.81. The molecular formula is C14H23NO2. The molecule has 0 saturated carbocycles. The van der Waals surface area contributed by atoms with E-state index in [9.17, 15) is 0 Å². The van der Waals surface area contributed by atoms with Gasteiger partial charge < -0.3 is 15.2 Å². The van der Waals surface area contributed by atoms with Gasteiger partial charge in [-0.25, -0.2) is 0 Å². The summed E-state index contributed by atoms with van der Waals surface area (Å²) in [6, 6.07) is 5.53. The third kappa shape index (κ3) is 5.48. The van der Waals surface area contributed by atoms with Crippen molar-refractivity contribution in [3.05, 3.63) is 18.2 Å². The summed E-state index contributed by atoms with van der Waals surface area (Å²) in [4.78, 5) is 0. The Morgan fingerprint density at radius 1 is 1.06 bits per heavy atom. The Hall–Kier alpha value is -1.38. The number of ether oxygens (including phenoxy) is 2. The van der Waals surface area contributed by atoms with E-state index in [0.29, 0.717) is 18.2 Å². The lowest BCUT2D eigenvalue weighted by Gasteiger charge is -2.13. The lowest BCUT2D eigenvalue weighted by atomic mass is 10.1. The SMILES string of the molecule is CC(C)CCOc1cc(N)cc(OC(C)C)c1. The number of nitrogens with two attached hydrogens (primary N) is 1. The van der Waals surface area contributed by atoms with Crippen molar-refractivity contribution in [1.82, 2.24) is 0 Å². The van der Waals surface area contributed by atoms with E-state index in [0.717, 1.165) is 17.9 Å². The Morgan fingerprint density at radius 3 is 2.29 bits per heavy atom. The maximum absolute atomic E-state index is 5.81. The van der Waals surface area contributed by atoms with Gasteiger partial charge in [0.05, 0.1) is 12.7 Å². The third-order valence-electron chi connectivity index (χ3n) is 2.24. The Bertz CT molecular complexity index is 348. The van der Waals surface area contributed by atoms with Crippen molar-refractivity contribution >= 4 is 5.69 Å². The smallest absolute Gasteiger partial charge is 0.125 e. The van der Waals surface area contributed by atoms with E-state index >= 15 is 0 Å². The maximum Gasteiger partial charge on any atom is 0.125 e. The zero-order valence-corrected chi connectivity index (χ0v) is 11.2. The molecule has 96 valence electrons. The molecular weight excluding hydrogens is 214 g/mol. The van der Waals surface area contributed by atoms with E-state index in [1.807, 2.05) is 32.0 Å². The first kappa shape index (κ1) is 13.7. The standard InChI is InChI=1S/C14H23NO2/c1-10(2)5-6-16-13-7-12(15)8-14(9-13)17-11(3)4/h7-11H,5-6,15H2,1-4H3. The Morgan fingerprint density at radius 2 is 1.71 bits per heavy atom. The monoisotopic (exact) mass is 237 g/mol. The van der Waals surface area contributed by atoms with Crippen LogP contribution in [0.2, 0.25) is 0 Å². The third-order valence-corrected chi connectivity index (χ3v) is 2.24. The lowest BCUT2D eigenvalue weighted by Crippen LogP contribution is -2.07. The Labute approximate surface area is 104 Å². The topological polar surface area (TPSA) is 44.5 Å². The molecule has 1 aromatic rings. The van der Waals surface area contributed by atoms with Gasteiger partial charge in [-0.05, 0) is 26.2 Å². The summed E-state index contributed by atoms with van der Waals surface area (Å²) in [6.07, 6.45) is 1.18. The van der Waals surface area contributed by atoms with E-state index in [-0.39, 0.29) is 6.10 Å². The zero-order valence-electron chi connectivity index (χ0n) is 11.2. The summed E-state index contributed by atoms with van der Waals surface area (Å²) in [6.45, 7) is 9.04. The molecule has 0 saturated heterocycles. The van der Waals surface area contributed by atoms with Gasteiger partial charge in [0.1, 0.15) is 11.5 Å². The molecule has 0 bridgehead atoms. The fourth-order valence-electron chi connectivity index (χ4n) is 1.43. The van der Waals surface area contributed by atoms with Crippen LogP contribution < -0.4 is 15.2 Å². The van der Waals surface area contributed by atoms with Gasteiger partial charge >= 0.3 is 0 Å². The number of benzene rings is 1. The number of nitrogen functional groups attached to an aromatic ring is 1. The van der Waals surface area contributed by atoms with Crippen LogP contribution >= 0.6 is 0 Å². The van der Waals surface area contributed by atoms with Crippen molar-refractivity contribution in [2.24, 2.45) is 5.92 Å². The average Bonchev–Trinajstić information content (AvgIpc) is 2.14. The first-order valence-electron chi connectivity index (χ1n) is 6.17. The van der Waals surface area contributed by atoms with Gasteiger partial charge in [-0.15, -0.1) is 0 Å². The molecule has 1 rings (SSSR count). The van der Waals surface area contributed by atoms with Gasteiger partial charge in [0.25, 0.3) is 0 Å². The van der Waals surface area contributed by atoms with E-state index in [1.54, 1.807) is 0 Å². The van der Waals surface area contributed by atoms with Gasteiger partial charge in [-0.3, -0.25) is 0 Å². The summed E-state index contributed by atoms with van der Waals surface area (Å²) >= 11 is 0. The zero-order chi connectivity index (χ0) is 12.8. The molecule has 0 radical (unpaired) electrons. The van der Waals surface area contributed by atoms with Crippen molar-refractivity contribution in [3.63, 3.8) is 0 Å². The second kappa shape index (κ2) is 6.38. The van der Waals surface area contributed by atoms with Crippen LogP contribution in [0.25, 0.3) is 0 Å². The van der Waals surface area contributed by atoms with Crippen LogP contribution in [0.1, 0.15) is 34.1 Å². The molecule has 0 heterocycles. The highest BCUT2D eigenvalue weighted by Gasteiger charge is 2.03. The Balaban J connectivity index is 2.62. The van der Waals surface area contributed by atoms with Crippen molar-refractivity contribution in [2.75, 3.05) is 12.3 Å². The van der Waals surface area contributed by atoms with Crippen molar-refractivity contribution < 1.29 is 9.47 Å². The average molecular weight is 237 g/mol. The van der Waals surface area contributed by atoms with Gasteiger partial charge in [-0.2, -0.15) is 0 Å². The van der Waals surface area contributed by atoms with Crippen LogP contribution in [0, 0.1) is 5.92 Å². The van der Waals surface area contributed by atoms with Crippen LogP contribution in [-0.2, 0) is 0 Å². The summed E-state index contributed by atoms with van der Waals surface area (Å²) in [5.41, 5.74) is 6.48. The van der Waals surface area contributed by atoms with Crippen molar-refractivity contribution in [3.8, 4) is 11.5 Å². The van der Waals surface area contributed by atoms with Crippen LogP contribution in [-0.4, -0.2) is 12.7 Å². The molecule has 0 spiro atoms. The fourth-order valence-corrected chi connectivity index (χ4v) is 1.43. The van der Waals surface area contributed by atoms with E-state index in [1.165, 1.54) is 0 Å². The van der Waals surface area contributed by atoms with Gasteiger partial charge in [0.2, 0.25) is 0 Å². The van der Waals surface area contributed by atoms with Crippen molar-refractivity contribution in [2.45, 2.75) is 40.2 Å². The van der Waals surface area contributed by atoms with E-state index in [2.05, 4.69) is 13.8 Å². The highest BCUT2D eigenvalue weighted by molar-refractivity contribution is 5.50. The quantitative estimate of drug-likeness (QED) is 0.770. The molecule has 0 aliphatic heterocycles. The largest absolute Gasteiger partial charge is 0.493 e. The number of rotatable bonds is 6. The highest BCUT2D eigenvalue weighted by Crippen LogP contribution is 2.25. The van der Waals surface area contributed by atoms with Gasteiger partial charge in [-0.1, -0.05) is 13.8 Å². The minimum Gasteiger partial charge on any atom is -0.493 e. The first-order valence-corrected chi connectivity index (χ1v) is 6.17. The molecule has 1 aromatic carbocycles. The molecule has 3 heteroatoms. The molecule has 3 nitrogen and oxygen atoms in total. The summed E-state index contributed by atoms with van der Waals surface area (Å²) < 4.78 is 11.3. The van der Waals surface area contributed by atoms with E-state index in [4.69, 9.17) is 15.2 Å². The summed E-state index contributed by atoms with van der Waals surface area (Å²) in [5.74, 6) is 2.18. The minimum atomic E-state index is 0.139. The number of hydrogen-bond acceptors (Lipinski definition) is 3. The second-order valence-electron chi connectivity index (χ2n) is 4.94. The minimum absolute atomic E-state index is 0.139. The second-order valence-corrected chi connectivity index (χ2v) is 4.94. The Kier molecular flexibility index (Phi) is 5.13. The molecule has 0 amide bonds. The predicted octanol–water partition coefficient (Wildman–Crippen LogP) is 3.48. The normalized spacial score (nSPS) is 10.9. The van der Waals surface area contributed by atoms with Crippen LogP contribution in [0.3, 0.4) is 0 Å². The van der Waals surface area contributed by atoms with Crippen molar-refractivity contribution in [1.29, 1.82) is 0 Å².